The Bertz CT molecular complexity index is 1180. The van der Waals surface area contributed by atoms with Gasteiger partial charge in [-0.25, -0.2) is 4.79 Å². The lowest BCUT2D eigenvalue weighted by molar-refractivity contribution is 0.0132. The van der Waals surface area contributed by atoms with Gasteiger partial charge in [0.05, 0.1) is 13.2 Å². The molecule has 35 heavy (non-hydrogen) atoms. The standard InChI is InChI=1S/C27H27NO7/c1-34-25-12-16(14-29)21(13-24(25)31)26(32)23(30)10-11-28-27(33)35-15-22-19-8-4-2-6-17(19)18-7-3-5-9-20(18)22/h2-9,12-14,22-23,26,30-32H,10-11,15H2,1H3,(H,28,33). The van der Waals surface area contributed by atoms with E-state index in [4.69, 9.17) is 9.47 Å². The Morgan fingerprint density at radius 3 is 2.29 bits per heavy atom. The number of hydrogen-bond acceptors (Lipinski definition) is 7. The molecule has 4 rings (SSSR count). The summed E-state index contributed by atoms with van der Waals surface area (Å²) in [5, 5.41) is 33.4. The van der Waals surface area contributed by atoms with Gasteiger partial charge in [0, 0.05) is 18.0 Å². The van der Waals surface area contributed by atoms with Crippen molar-refractivity contribution >= 4 is 12.4 Å². The van der Waals surface area contributed by atoms with E-state index in [2.05, 4.69) is 17.4 Å². The number of aliphatic hydroxyl groups is 2. The number of aromatic hydroxyl groups is 1. The van der Waals surface area contributed by atoms with Gasteiger partial charge in [-0.1, -0.05) is 48.5 Å². The van der Waals surface area contributed by atoms with E-state index in [1.807, 2.05) is 36.4 Å². The van der Waals surface area contributed by atoms with Crippen LogP contribution in [0.3, 0.4) is 0 Å². The average molecular weight is 478 g/mol. The van der Waals surface area contributed by atoms with E-state index in [9.17, 15) is 24.9 Å². The molecule has 0 aliphatic heterocycles. The largest absolute Gasteiger partial charge is 0.504 e. The Balaban J connectivity index is 1.31. The molecule has 2 atom stereocenters. The molecule has 8 nitrogen and oxygen atoms in total. The maximum absolute atomic E-state index is 12.3. The number of phenolic OH excluding ortho intramolecular Hbond substituents is 1. The zero-order valence-corrected chi connectivity index (χ0v) is 19.2. The topological polar surface area (TPSA) is 125 Å². The molecular formula is C27H27NO7. The van der Waals surface area contributed by atoms with Gasteiger partial charge in [-0.05, 0) is 46.4 Å². The van der Waals surface area contributed by atoms with Crippen LogP contribution in [0.25, 0.3) is 11.1 Å². The molecular weight excluding hydrogens is 450 g/mol. The molecule has 1 amide bonds. The van der Waals surface area contributed by atoms with Crippen LogP contribution in [0.4, 0.5) is 4.79 Å². The number of aliphatic hydroxyl groups excluding tert-OH is 2. The summed E-state index contributed by atoms with van der Waals surface area (Å²) in [5.74, 6) is -0.254. The molecule has 0 bridgehead atoms. The van der Waals surface area contributed by atoms with Crippen molar-refractivity contribution in [3.8, 4) is 22.6 Å². The molecule has 8 heteroatoms. The van der Waals surface area contributed by atoms with Crippen molar-refractivity contribution < 1.29 is 34.4 Å². The molecule has 4 N–H and O–H groups in total. The van der Waals surface area contributed by atoms with Gasteiger partial charge in [0.1, 0.15) is 12.7 Å². The van der Waals surface area contributed by atoms with Crippen molar-refractivity contribution in [1.82, 2.24) is 5.32 Å². The van der Waals surface area contributed by atoms with Crippen molar-refractivity contribution in [3.63, 3.8) is 0 Å². The molecule has 1 aliphatic rings. The Kier molecular flexibility index (Phi) is 7.33. The molecule has 0 fully saturated rings. The van der Waals surface area contributed by atoms with Gasteiger partial charge in [0.2, 0.25) is 0 Å². The summed E-state index contributed by atoms with van der Waals surface area (Å²) >= 11 is 0. The first kappa shape index (κ1) is 24.3. The average Bonchev–Trinajstić information content (AvgIpc) is 3.20. The van der Waals surface area contributed by atoms with Crippen LogP contribution >= 0.6 is 0 Å². The quantitative estimate of drug-likeness (QED) is 0.347. The van der Waals surface area contributed by atoms with Crippen molar-refractivity contribution in [2.45, 2.75) is 24.5 Å². The van der Waals surface area contributed by atoms with E-state index in [-0.39, 0.29) is 48.1 Å². The second-order valence-electron chi connectivity index (χ2n) is 8.32. The lowest BCUT2D eigenvalue weighted by Crippen LogP contribution is -2.31. The van der Waals surface area contributed by atoms with E-state index in [1.165, 1.54) is 19.2 Å². The molecule has 0 radical (unpaired) electrons. The van der Waals surface area contributed by atoms with E-state index in [1.54, 1.807) is 0 Å². The molecule has 1 aliphatic carbocycles. The Hall–Kier alpha value is -3.88. The summed E-state index contributed by atoms with van der Waals surface area (Å²) in [6.07, 6.45) is -2.88. The number of rotatable bonds is 9. The highest BCUT2D eigenvalue weighted by Gasteiger charge is 2.29. The monoisotopic (exact) mass is 477 g/mol. The fourth-order valence-corrected chi connectivity index (χ4v) is 4.46. The second kappa shape index (κ2) is 10.6. The smallest absolute Gasteiger partial charge is 0.407 e. The summed E-state index contributed by atoms with van der Waals surface area (Å²) in [6.45, 7) is 0.201. The minimum atomic E-state index is -1.45. The summed E-state index contributed by atoms with van der Waals surface area (Å²) < 4.78 is 10.4. The SMILES string of the molecule is COc1cc(C=O)c(C(O)C(O)CCNC(=O)OCC2c3ccccc3-c3ccccc32)cc1O. The van der Waals surface area contributed by atoms with Crippen LogP contribution in [0.15, 0.2) is 60.7 Å². The maximum Gasteiger partial charge on any atom is 0.407 e. The molecule has 0 saturated heterocycles. The maximum atomic E-state index is 12.3. The zero-order valence-electron chi connectivity index (χ0n) is 19.2. The van der Waals surface area contributed by atoms with Gasteiger partial charge in [0.15, 0.2) is 17.8 Å². The Morgan fingerprint density at radius 1 is 1.06 bits per heavy atom. The first-order valence-corrected chi connectivity index (χ1v) is 11.3. The number of carbonyl (C=O) groups excluding carboxylic acids is 2. The highest BCUT2D eigenvalue weighted by Crippen LogP contribution is 2.44. The number of phenols is 1. The number of methoxy groups -OCH3 is 1. The van der Waals surface area contributed by atoms with Crippen LogP contribution in [0.2, 0.25) is 0 Å². The van der Waals surface area contributed by atoms with E-state index >= 15 is 0 Å². The van der Waals surface area contributed by atoms with E-state index < -0.39 is 18.3 Å². The predicted molar refractivity (Wildman–Crippen MR) is 129 cm³/mol. The summed E-state index contributed by atoms with van der Waals surface area (Å²) in [5.41, 5.74) is 4.62. The zero-order chi connectivity index (χ0) is 24.9. The van der Waals surface area contributed by atoms with Crippen molar-refractivity contribution in [1.29, 1.82) is 0 Å². The van der Waals surface area contributed by atoms with Crippen LogP contribution in [-0.4, -0.2) is 54.1 Å². The number of fused-ring (bicyclic) bond motifs is 3. The van der Waals surface area contributed by atoms with Gasteiger partial charge >= 0.3 is 6.09 Å². The number of hydrogen-bond donors (Lipinski definition) is 4. The number of nitrogens with one attached hydrogen (secondary N) is 1. The Morgan fingerprint density at radius 2 is 1.69 bits per heavy atom. The molecule has 0 aromatic heterocycles. The van der Waals surface area contributed by atoms with Crippen molar-refractivity contribution in [3.05, 3.63) is 82.9 Å². The highest BCUT2D eigenvalue weighted by atomic mass is 16.5. The van der Waals surface area contributed by atoms with Gasteiger partial charge in [-0.2, -0.15) is 0 Å². The van der Waals surface area contributed by atoms with Crippen LogP contribution in [-0.2, 0) is 4.74 Å². The molecule has 3 aromatic rings. The first-order valence-electron chi connectivity index (χ1n) is 11.3. The molecule has 182 valence electrons. The third-order valence-electron chi connectivity index (χ3n) is 6.25. The van der Waals surface area contributed by atoms with E-state index in [0.717, 1.165) is 22.3 Å². The number of amides is 1. The van der Waals surface area contributed by atoms with Gasteiger partial charge in [-0.15, -0.1) is 0 Å². The third-order valence-corrected chi connectivity index (χ3v) is 6.25. The number of carbonyl (C=O) groups is 2. The highest BCUT2D eigenvalue weighted by molar-refractivity contribution is 5.80. The predicted octanol–water partition coefficient (Wildman–Crippen LogP) is 3.54. The normalized spacial score (nSPS) is 13.9. The molecule has 2 unspecified atom stereocenters. The molecule has 0 heterocycles. The minimum Gasteiger partial charge on any atom is -0.504 e. The third kappa shape index (κ3) is 4.99. The number of benzene rings is 3. The molecule has 0 saturated carbocycles. The van der Waals surface area contributed by atoms with Crippen molar-refractivity contribution in [2.24, 2.45) is 0 Å². The number of aldehydes is 1. The number of ether oxygens (including phenoxy) is 2. The fraction of sp³-hybridized carbons (Fsp3) is 0.259. The summed E-state index contributed by atoms with van der Waals surface area (Å²) in [4.78, 5) is 23.7. The molecule has 0 spiro atoms. The van der Waals surface area contributed by atoms with Crippen LogP contribution < -0.4 is 10.1 Å². The number of alkyl carbamates (subject to hydrolysis) is 1. The van der Waals surface area contributed by atoms with Gasteiger partial charge in [0.25, 0.3) is 0 Å². The van der Waals surface area contributed by atoms with Crippen LogP contribution in [0, 0.1) is 0 Å². The minimum absolute atomic E-state index is 0.00352. The van der Waals surface area contributed by atoms with Crippen molar-refractivity contribution in [2.75, 3.05) is 20.3 Å². The fourth-order valence-electron chi connectivity index (χ4n) is 4.46. The Labute approximate surface area is 202 Å². The van der Waals surface area contributed by atoms with Crippen LogP contribution in [0.1, 0.15) is 45.5 Å². The molecule has 3 aromatic carbocycles. The van der Waals surface area contributed by atoms with Crippen LogP contribution in [0.5, 0.6) is 11.5 Å². The lowest BCUT2D eigenvalue weighted by atomic mass is 9.97. The summed E-state index contributed by atoms with van der Waals surface area (Å²) in [7, 11) is 1.34. The first-order chi connectivity index (χ1) is 16.9. The van der Waals surface area contributed by atoms with Gasteiger partial charge in [-0.3, -0.25) is 4.79 Å². The summed E-state index contributed by atoms with van der Waals surface area (Å²) in [6, 6.07) is 18.5. The lowest BCUT2D eigenvalue weighted by Gasteiger charge is -2.20. The second-order valence-corrected chi connectivity index (χ2v) is 8.32. The van der Waals surface area contributed by atoms with Gasteiger partial charge < -0.3 is 30.1 Å². The van der Waals surface area contributed by atoms with E-state index in [0.29, 0.717) is 6.29 Å².